The smallest absolute Gasteiger partial charge is 0.255 e. The first-order valence-electron chi connectivity index (χ1n) is 9.02. The molecule has 132 valence electrons. The topological polar surface area (TPSA) is 32.3 Å². The molecule has 0 fully saturated rings. The van der Waals surface area contributed by atoms with E-state index < -0.39 is 0 Å². The number of amides is 1. The molecule has 1 heterocycles. The van der Waals surface area contributed by atoms with E-state index in [0.717, 1.165) is 37.3 Å². The Morgan fingerprint density at radius 2 is 1.92 bits per heavy atom. The standard InChI is InChI=1S/C22H28N2O/c1-16-6-5-7-18(12-16)21(25)23-20-9-8-17-10-11-24(14-19(17)13-20)15-22(2,3)4/h5-9,12-13H,10-11,14-15H2,1-4H3,(H,23,25). The van der Waals surface area contributed by atoms with Crippen LogP contribution in [0.15, 0.2) is 42.5 Å². The van der Waals surface area contributed by atoms with Gasteiger partial charge < -0.3 is 5.32 Å². The van der Waals surface area contributed by atoms with Gasteiger partial charge in [-0.15, -0.1) is 0 Å². The molecule has 0 unspecified atom stereocenters. The van der Waals surface area contributed by atoms with Gasteiger partial charge in [0.25, 0.3) is 5.91 Å². The van der Waals surface area contributed by atoms with E-state index in [1.807, 2.05) is 37.3 Å². The molecule has 1 amide bonds. The minimum atomic E-state index is -0.0500. The zero-order chi connectivity index (χ0) is 18.0. The largest absolute Gasteiger partial charge is 0.322 e. The summed E-state index contributed by atoms with van der Waals surface area (Å²) >= 11 is 0. The molecule has 3 rings (SSSR count). The number of benzene rings is 2. The Kier molecular flexibility index (Phi) is 4.96. The van der Waals surface area contributed by atoms with Crippen LogP contribution >= 0.6 is 0 Å². The number of carbonyl (C=O) groups excluding carboxylic acids is 1. The van der Waals surface area contributed by atoms with Gasteiger partial charge in [-0.25, -0.2) is 0 Å². The Morgan fingerprint density at radius 1 is 1.12 bits per heavy atom. The lowest BCUT2D eigenvalue weighted by molar-refractivity contribution is 0.102. The van der Waals surface area contributed by atoms with E-state index in [4.69, 9.17) is 0 Å². The van der Waals surface area contributed by atoms with Crippen LogP contribution in [-0.2, 0) is 13.0 Å². The van der Waals surface area contributed by atoms with Crippen molar-refractivity contribution in [3.8, 4) is 0 Å². The van der Waals surface area contributed by atoms with Crippen LogP contribution in [0, 0.1) is 12.3 Å². The summed E-state index contributed by atoms with van der Waals surface area (Å²) in [6.45, 7) is 12.0. The van der Waals surface area contributed by atoms with Gasteiger partial charge in [0.2, 0.25) is 0 Å². The van der Waals surface area contributed by atoms with Gasteiger partial charge in [0.15, 0.2) is 0 Å². The highest BCUT2D eigenvalue weighted by Gasteiger charge is 2.21. The molecule has 2 aromatic carbocycles. The van der Waals surface area contributed by atoms with Gasteiger partial charge in [-0.1, -0.05) is 44.5 Å². The van der Waals surface area contributed by atoms with Crippen LogP contribution in [0.2, 0.25) is 0 Å². The maximum atomic E-state index is 12.5. The molecule has 0 aromatic heterocycles. The highest BCUT2D eigenvalue weighted by Crippen LogP contribution is 2.25. The number of fused-ring (bicyclic) bond motifs is 1. The molecule has 0 saturated carbocycles. The molecule has 0 bridgehead atoms. The Balaban J connectivity index is 1.73. The van der Waals surface area contributed by atoms with Gasteiger partial charge in [-0.05, 0) is 54.2 Å². The fraction of sp³-hybridized carbons (Fsp3) is 0.409. The predicted octanol–water partition coefficient (Wildman–Crippen LogP) is 4.65. The lowest BCUT2D eigenvalue weighted by Crippen LogP contribution is -2.36. The molecular weight excluding hydrogens is 308 g/mol. The third kappa shape index (κ3) is 4.70. The van der Waals surface area contributed by atoms with Crippen molar-refractivity contribution in [2.75, 3.05) is 18.4 Å². The van der Waals surface area contributed by atoms with Gasteiger partial charge in [-0.3, -0.25) is 9.69 Å². The first-order chi connectivity index (χ1) is 11.8. The lowest BCUT2D eigenvalue weighted by Gasteiger charge is -2.34. The van der Waals surface area contributed by atoms with Crippen LogP contribution < -0.4 is 5.32 Å². The summed E-state index contributed by atoms with van der Waals surface area (Å²) in [6.07, 6.45) is 1.08. The van der Waals surface area contributed by atoms with E-state index in [9.17, 15) is 4.79 Å². The molecule has 0 saturated heterocycles. The molecule has 25 heavy (non-hydrogen) atoms. The lowest BCUT2D eigenvalue weighted by atomic mass is 9.93. The molecule has 3 nitrogen and oxygen atoms in total. The summed E-state index contributed by atoms with van der Waals surface area (Å²) in [6, 6.07) is 14.0. The average molecular weight is 336 g/mol. The average Bonchev–Trinajstić information content (AvgIpc) is 2.53. The van der Waals surface area contributed by atoms with E-state index in [-0.39, 0.29) is 5.91 Å². The van der Waals surface area contributed by atoms with Crippen molar-refractivity contribution in [2.24, 2.45) is 5.41 Å². The van der Waals surface area contributed by atoms with Crippen LogP contribution in [0.5, 0.6) is 0 Å². The quantitative estimate of drug-likeness (QED) is 0.885. The minimum absolute atomic E-state index is 0.0500. The molecule has 1 aliphatic heterocycles. The van der Waals surface area contributed by atoms with Gasteiger partial charge >= 0.3 is 0 Å². The Labute approximate surface area is 151 Å². The number of hydrogen-bond acceptors (Lipinski definition) is 2. The minimum Gasteiger partial charge on any atom is -0.322 e. The maximum Gasteiger partial charge on any atom is 0.255 e. The third-order valence-corrected chi connectivity index (χ3v) is 4.53. The molecule has 0 radical (unpaired) electrons. The highest BCUT2D eigenvalue weighted by molar-refractivity contribution is 6.04. The van der Waals surface area contributed by atoms with Crippen LogP contribution in [-0.4, -0.2) is 23.9 Å². The van der Waals surface area contributed by atoms with Gasteiger partial charge in [0.1, 0.15) is 0 Å². The molecule has 1 N–H and O–H groups in total. The number of nitrogens with one attached hydrogen (secondary N) is 1. The van der Waals surface area contributed by atoms with Crippen molar-refractivity contribution in [3.05, 3.63) is 64.7 Å². The van der Waals surface area contributed by atoms with E-state index in [1.165, 1.54) is 11.1 Å². The molecule has 1 aliphatic rings. The fourth-order valence-electron chi connectivity index (χ4n) is 3.49. The van der Waals surface area contributed by atoms with Gasteiger partial charge in [0.05, 0.1) is 0 Å². The second-order valence-corrected chi connectivity index (χ2v) is 8.33. The highest BCUT2D eigenvalue weighted by atomic mass is 16.1. The summed E-state index contributed by atoms with van der Waals surface area (Å²) < 4.78 is 0. The van der Waals surface area contributed by atoms with Crippen molar-refractivity contribution in [2.45, 2.75) is 40.7 Å². The Bertz CT molecular complexity index is 774. The molecule has 0 spiro atoms. The zero-order valence-corrected chi connectivity index (χ0v) is 15.7. The predicted molar refractivity (Wildman–Crippen MR) is 104 cm³/mol. The van der Waals surface area contributed by atoms with Crippen LogP contribution in [0.3, 0.4) is 0 Å². The van der Waals surface area contributed by atoms with E-state index in [0.29, 0.717) is 11.0 Å². The van der Waals surface area contributed by atoms with Crippen molar-refractivity contribution in [1.29, 1.82) is 0 Å². The number of aryl methyl sites for hydroxylation is 1. The molecule has 0 atom stereocenters. The summed E-state index contributed by atoms with van der Waals surface area (Å²) in [7, 11) is 0. The first kappa shape index (κ1) is 17.7. The van der Waals surface area contributed by atoms with Gasteiger partial charge in [-0.2, -0.15) is 0 Å². The van der Waals surface area contributed by atoms with E-state index >= 15 is 0 Å². The molecule has 2 aromatic rings. The van der Waals surface area contributed by atoms with Gasteiger partial charge in [0, 0.05) is 30.9 Å². The fourth-order valence-corrected chi connectivity index (χ4v) is 3.49. The van der Waals surface area contributed by atoms with E-state index in [2.05, 4.69) is 43.1 Å². The Hall–Kier alpha value is -2.13. The van der Waals surface area contributed by atoms with Crippen LogP contribution in [0.4, 0.5) is 5.69 Å². The summed E-state index contributed by atoms with van der Waals surface area (Å²) in [5.74, 6) is -0.0500. The maximum absolute atomic E-state index is 12.5. The summed E-state index contributed by atoms with van der Waals surface area (Å²) in [4.78, 5) is 15.0. The van der Waals surface area contributed by atoms with Crippen molar-refractivity contribution in [3.63, 3.8) is 0 Å². The second kappa shape index (κ2) is 7.01. The second-order valence-electron chi connectivity index (χ2n) is 8.33. The molecule has 0 aliphatic carbocycles. The van der Waals surface area contributed by atoms with Crippen molar-refractivity contribution >= 4 is 11.6 Å². The van der Waals surface area contributed by atoms with Crippen LogP contribution in [0.25, 0.3) is 0 Å². The number of anilines is 1. The van der Waals surface area contributed by atoms with Crippen LogP contribution in [0.1, 0.15) is 47.8 Å². The third-order valence-electron chi connectivity index (χ3n) is 4.53. The van der Waals surface area contributed by atoms with Crippen molar-refractivity contribution < 1.29 is 4.79 Å². The number of rotatable bonds is 3. The number of carbonyl (C=O) groups is 1. The molecule has 3 heteroatoms. The Morgan fingerprint density at radius 3 is 2.64 bits per heavy atom. The summed E-state index contributed by atoms with van der Waals surface area (Å²) in [5.41, 5.74) is 5.70. The zero-order valence-electron chi connectivity index (χ0n) is 15.7. The number of nitrogens with zero attached hydrogens (tertiary/aromatic N) is 1. The SMILES string of the molecule is Cc1cccc(C(=O)Nc2ccc3c(c2)CN(CC(C)(C)C)CC3)c1. The van der Waals surface area contributed by atoms with Crippen molar-refractivity contribution in [1.82, 2.24) is 4.90 Å². The first-order valence-corrected chi connectivity index (χ1v) is 9.02. The number of hydrogen-bond donors (Lipinski definition) is 1. The molecular formula is C22H28N2O. The monoisotopic (exact) mass is 336 g/mol. The van der Waals surface area contributed by atoms with E-state index in [1.54, 1.807) is 0 Å². The summed E-state index contributed by atoms with van der Waals surface area (Å²) in [5, 5.41) is 3.04. The normalized spacial score (nSPS) is 14.9.